The molecule has 0 bridgehead atoms. The van der Waals surface area contributed by atoms with Gasteiger partial charge in [-0.25, -0.2) is 4.98 Å². The minimum absolute atomic E-state index is 0.0903. The van der Waals surface area contributed by atoms with Crippen LogP contribution in [0.5, 0.6) is 0 Å². The van der Waals surface area contributed by atoms with Gasteiger partial charge in [-0.2, -0.15) is 5.10 Å². The summed E-state index contributed by atoms with van der Waals surface area (Å²) in [6.07, 6.45) is 1.56. The standard InChI is InChI=1S/C17H17ClN4O/c1-10-15-8-13(9-19-16(15)21-20-10)17(23)22(3)11(2)12-5-4-6-14(18)7-12/h4-9,11H,1-3H3,(H,19,20,21)/t11-/m0/s1. The summed E-state index contributed by atoms with van der Waals surface area (Å²) >= 11 is 6.04. The fraction of sp³-hybridized carbons (Fsp3) is 0.235. The van der Waals surface area contributed by atoms with E-state index in [1.165, 1.54) is 0 Å². The lowest BCUT2D eigenvalue weighted by Crippen LogP contribution is -2.29. The molecule has 2 aromatic heterocycles. The van der Waals surface area contributed by atoms with Crippen LogP contribution < -0.4 is 0 Å². The summed E-state index contributed by atoms with van der Waals surface area (Å²) in [6, 6.07) is 9.26. The molecule has 3 aromatic rings. The lowest BCUT2D eigenvalue weighted by molar-refractivity contribution is 0.0742. The molecular formula is C17H17ClN4O. The van der Waals surface area contributed by atoms with E-state index in [-0.39, 0.29) is 11.9 Å². The molecule has 0 unspecified atom stereocenters. The Morgan fingerprint density at radius 3 is 2.87 bits per heavy atom. The summed E-state index contributed by atoms with van der Waals surface area (Å²) in [5, 5.41) is 8.48. The Labute approximate surface area is 139 Å². The van der Waals surface area contributed by atoms with Crippen molar-refractivity contribution in [2.24, 2.45) is 0 Å². The van der Waals surface area contributed by atoms with Gasteiger partial charge in [0.15, 0.2) is 5.65 Å². The molecule has 5 nitrogen and oxygen atoms in total. The van der Waals surface area contributed by atoms with Crippen molar-refractivity contribution in [2.75, 3.05) is 7.05 Å². The molecule has 0 aliphatic heterocycles. The molecule has 0 aliphatic carbocycles. The first-order valence-corrected chi connectivity index (χ1v) is 7.68. The molecule has 0 radical (unpaired) electrons. The van der Waals surface area contributed by atoms with Gasteiger partial charge in [0.2, 0.25) is 0 Å². The molecular weight excluding hydrogens is 312 g/mol. The van der Waals surface area contributed by atoms with Crippen molar-refractivity contribution >= 4 is 28.5 Å². The Morgan fingerprint density at radius 1 is 1.35 bits per heavy atom. The Kier molecular flexibility index (Phi) is 4.05. The van der Waals surface area contributed by atoms with Crippen molar-refractivity contribution in [1.29, 1.82) is 0 Å². The van der Waals surface area contributed by atoms with Gasteiger partial charge in [0.1, 0.15) is 0 Å². The number of aromatic amines is 1. The number of halogens is 1. The molecule has 0 saturated carbocycles. The van der Waals surface area contributed by atoms with Crippen molar-refractivity contribution in [2.45, 2.75) is 19.9 Å². The lowest BCUT2D eigenvalue weighted by atomic mass is 10.1. The van der Waals surface area contributed by atoms with Crippen LogP contribution in [0.2, 0.25) is 5.02 Å². The van der Waals surface area contributed by atoms with E-state index >= 15 is 0 Å². The normalized spacial score (nSPS) is 12.3. The van der Waals surface area contributed by atoms with Gasteiger partial charge in [0.05, 0.1) is 11.6 Å². The zero-order chi connectivity index (χ0) is 16.6. The topological polar surface area (TPSA) is 61.9 Å². The largest absolute Gasteiger partial charge is 0.335 e. The molecule has 118 valence electrons. The summed E-state index contributed by atoms with van der Waals surface area (Å²) in [5.74, 6) is -0.0903. The van der Waals surface area contributed by atoms with Gasteiger partial charge >= 0.3 is 0 Å². The van der Waals surface area contributed by atoms with E-state index in [4.69, 9.17) is 11.6 Å². The molecule has 1 aromatic carbocycles. The van der Waals surface area contributed by atoms with Crippen LogP contribution in [0.25, 0.3) is 11.0 Å². The second kappa shape index (κ2) is 6.01. The summed E-state index contributed by atoms with van der Waals surface area (Å²) in [5.41, 5.74) is 3.04. The van der Waals surface area contributed by atoms with Gasteiger partial charge in [-0.3, -0.25) is 9.89 Å². The van der Waals surface area contributed by atoms with Gasteiger partial charge in [-0.15, -0.1) is 0 Å². The zero-order valence-electron chi connectivity index (χ0n) is 13.2. The fourth-order valence-corrected chi connectivity index (χ4v) is 2.70. The molecule has 2 heterocycles. The molecule has 1 amide bonds. The summed E-state index contributed by atoms with van der Waals surface area (Å²) in [7, 11) is 1.78. The highest BCUT2D eigenvalue weighted by Gasteiger charge is 2.20. The van der Waals surface area contributed by atoms with E-state index in [1.807, 2.05) is 44.2 Å². The van der Waals surface area contributed by atoms with E-state index in [2.05, 4.69) is 15.2 Å². The number of aromatic nitrogens is 3. The SMILES string of the molecule is Cc1[nH]nc2ncc(C(=O)N(C)[C@@H](C)c3cccc(Cl)c3)cc12. The number of hydrogen-bond donors (Lipinski definition) is 1. The number of nitrogens with one attached hydrogen (secondary N) is 1. The van der Waals surface area contributed by atoms with Crippen LogP contribution in [0, 0.1) is 6.92 Å². The third-order valence-electron chi connectivity index (χ3n) is 4.08. The second-order valence-corrected chi connectivity index (χ2v) is 6.03. The predicted molar refractivity (Wildman–Crippen MR) is 90.6 cm³/mol. The molecule has 0 fully saturated rings. The minimum Gasteiger partial charge on any atom is -0.335 e. The first-order valence-electron chi connectivity index (χ1n) is 7.30. The van der Waals surface area contributed by atoms with Crippen molar-refractivity contribution in [3.8, 4) is 0 Å². The number of carbonyl (C=O) groups is 1. The first-order chi connectivity index (χ1) is 11.0. The molecule has 0 spiro atoms. The monoisotopic (exact) mass is 328 g/mol. The van der Waals surface area contributed by atoms with Gasteiger partial charge in [0.25, 0.3) is 5.91 Å². The van der Waals surface area contributed by atoms with Gasteiger partial charge in [-0.05, 0) is 37.6 Å². The molecule has 1 N–H and O–H groups in total. The Bertz CT molecular complexity index is 874. The van der Waals surface area contributed by atoms with E-state index in [1.54, 1.807) is 18.1 Å². The van der Waals surface area contributed by atoms with Gasteiger partial charge < -0.3 is 4.90 Å². The predicted octanol–water partition coefficient (Wildman–Crippen LogP) is 3.75. The maximum absolute atomic E-state index is 12.7. The number of hydrogen-bond acceptors (Lipinski definition) is 3. The molecule has 3 rings (SSSR count). The van der Waals surface area contributed by atoms with Gasteiger partial charge in [0, 0.05) is 29.3 Å². The zero-order valence-corrected chi connectivity index (χ0v) is 13.9. The number of rotatable bonds is 3. The smallest absolute Gasteiger partial charge is 0.255 e. The van der Waals surface area contributed by atoms with Crippen LogP contribution in [0.3, 0.4) is 0 Å². The number of amides is 1. The highest BCUT2D eigenvalue weighted by molar-refractivity contribution is 6.30. The Morgan fingerprint density at radius 2 is 2.13 bits per heavy atom. The third kappa shape index (κ3) is 2.92. The van der Waals surface area contributed by atoms with Crippen LogP contribution in [0.1, 0.15) is 34.6 Å². The first kappa shape index (κ1) is 15.5. The second-order valence-electron chi connectivity index (χ2n) is 5.59. The summed E-state index contributed by atoms with van der Waals surface area (Å²) < 4.78 is 0. The summed E-state index contributed by atoms with van der Waals surface area (Å²) in [4.78, 5) is 18.7. The third-order valence-corrected chi connectivity index (χ3v) is 4.31. The maximum atomic E-state index is 12.7. The van der Waals surface area contributed by atoms with Crippen LogP contribution in [-0.4, -0.2) is 33.0 Å². The average molecular weight is 329 g/mol. The Balaban J connectivity index is 1.89. The van der Waals surface area contributed by atoms with E-state index in [9.17, 15) is 4.79 Å². The van der Waals surface area contributed by atoms with Crippen LogP contribution >= 0.6 is 11.6 Å². The van der Waals surface area contributed by atoms with Crippen molar-refractivity contribution in [1.82, 2.24) is 20.1 Å². The molecule has 1 atom stereocenters. The highest BCUT2D eigenvalue weighted by Crippen LogP contribution is 2.24. The quantitative estimate of drug-likeness (QED) is 0.796. The lowest BCUT2D eigenvalue weighted by Gasteiger charge is -2.25. The maximum Gasteiger partial charge on any atom is 0.255 e. The van der Waals surface area contributed by atoms with E-state index in [0.29, 0.717) is 16.2 Å². The van der Waals surface area contributed by atoms with Crippen molar-refractivity contribution in [3.05, 3.63) is 58.4 Å². The number of nitrogens with zero attached hydrogens (tertiary/aromatic N) is 3. The van der Waals surface area contributed by atoms with E-state index < -0.39 is 0 Å². The minimum atomic E-state index is -0.0951. The van der Waals surface area contributed by atoms with Crippen LogP contribution in [0.15, 0.2) is 36.5 Å². The van der Waals surface area contributed by atoms with E-state index in [0.717, 1.165) is 16.6 Å². The van der Waals surface area contributed by atoms with Crippen LogP contribution in [-0.2, 0) is 0 Å². The van der Waals surface area contributed by atoms with Crippen LogP contribution in [0.4, 0.5) is 0 Å². The van der Waals surface area contributed by atoms with Crippen molar-refractivity contribution < 1.29 is 4.79 Å². The Hall–Kier alpha value is -2.40. The number of pyridine rings is 1. The number of benzene rings is 1. The number of H-pyrrole nitrogens is 1. The number of carbonyl (C=O) groups excluding carboxylic acids is 1. The molecule has 6 heteroatoms. The average Bonchev–Trinajstić information content (AvgIpc) is 2.93. The van der Waals surface area contributed by atoms with Crippen molar-refractivity contribution in [3.63, 3.8) is 0 Å². The number of fused-ring (bicyclic) bond motifs is 1. The number of aryl methyl sites for hydroxylation is 1. The fourth-order valence-electron chi connectivity index (χ4n) is 2.51. The summed E-state index contributed by atoms with van der Waals surface area (Å²) in [6.45, 7) is 3.88. The highest BCUT2D eigenvalue weighted by atomic mass is 35.5. The van der Waals surface area contributed by atoms with Gasteiger partial charge in [-0.1, -0.05) is 23.7 Å². The molecule has 0 aliphatic rings. The molecule has 0 saturated heterocycles. The molecule has 23 heavy (non-hydrogen) atoms.